The summed E-state index contributed by atoms with van der Waals surface area (Å²) >= 11 is 3.00. The Hall–Kier alpha value is -1.15. The topological polar surface area (TPSA) is 41.1 Å². The molecule has 110 valence electrons. The van der Waals surface area contributed by atoms with Crippen molar-refractivity contribution in [3.63, 3.8) is 0 Å². The maximum atomic E-state index is 13.2. The second kappa shape index (κ2) is 5.33. The van der Waals surface area contributed by atoms with Gasteiger partial charge in [-0.25, -0.2) is 4.39 Å². The summed E-state index contributed by atoms with van der Waals surface area (Å²) in [4.78, 5) is 12.0. The molecule has 8 heteroatoms. The first-order valence-electron chi connectivity index (χ1n) is 5.80. The number of rotatable bonds is 2. The van der Waals surface area contributed by atoms with E-state index in [1.165, 1.54) is 6.07 Å². The molecule has 1 amide bonds. The minimum Gasteiger partial charge on any atom is -0.324 e. The molecule has 0 saturated carbocycles. The predicted molar refractivity (Wildman–Crippen MR) is 68.7 cm³/mol. The Morgan fingerprint density at radius 2 is 2.10 bits per heavy atom. The van der Waals surface area contributed by atoms with E-state index in [9.17, 15) is 22.4 Å². The molecule has 1 aliphatic rings. The first-order valence-corrected chi connectivity index (χ1v) is 6.59. The number of hydrogen-bond donors (Lipinski definition) is 2. The number of nitrogens with one attached hydrogen (secondary N) is 2. The van der Waals surface area contributed by atoms with Crippen molar-refractivity contribution >= 4 is 27.5 Å². The third-order valence-electron chi connectivity index (χ3n) is 3.31. The zero-order chi connectivity index (χ0) is 15.0. The van der Waals surface area contributed by atoms with Gasteiger partial charge in [0.2, 0.25) is 5.91 Å². The standard InChI is InChI=1S/C12H11BrF4N2O/c13-8-5-7(14)1-2-9(8)19-10(20)11(12(15,16)17)3-4-18-6-11/h1-2,5,18H,3-4,6H2,(H,19,20). The van der Waals surface area contributed by atoms with Gasteiger partial charge in [0, 0.05) is 11.0 Å². The fourth-order valence-corrected chi connectivity index (χ4v) is 2.54. The van der Waals surface area contributed by atoms with Crippen LogP contribution in [0.5, 0.6) is 0 Å². The molecular formula is C12H11BrF4N2O. The molecule has 1 aromatic rings. The van der Waals surface area contributed by atoms with Crippen LogP contribution < -0.4 is 10.6 Å². The Labute approximate surface area is 120 Å². The normalized spacial score (nSPS) is 22.9. The summed E-state index contributed by atoms with van der Waals surface area (Å²) < 4.78 is 52.6. The van der Waals surface area contributed by atoms with Gasteiger partial charge < -0.3 is 10.6 Å². The summed E-state index contributed by atoms with van der Waals surface area (Å²) in [5.74, 6) is -1.69. The Balaban J connectivity index is 2.26. The van der Waals surface area contributed by atoms with Crippen LogP contribution in [0.2, 0.25) is 0 Å². The van der Waals surface area contributed by atoms with Crippen LogP contribution in [0.1, 0.15) is 6.42 Å². The van der Waals surface area contributed by atoms with E-state index < -0.39 is 29.9 Å². The highest BCUT2D eigenvalue weighted by Crippen LogP contribution is 2.44. The molecule has 20 heavy (non-hydrogen) atoms. The van der Waals surface area contributed by atoms with Crippen LogP contribution in [0.4, 0.5) is 23.2 Å². The second-order valence-corrected chi connectivity index (χ2v) is 5.44. The molecule has 0 bridgehead atoms. The van der Waals surface area contributed by atoms with Gasteiger partial charge in [0.25, 0.3) is 0 Å². The molecule has 1 atom stereocenters. The van der Waals surface area contributed by atoms with Gasteiger partial charge in [0.05, 0.1) is 5.69 Å². The lowest BCUT2D eigenvalue weighted by Gasteiger charge is -2.29. The number of carbonyl (C=O) groups excluding carboxylic acids is 1. The Kier molecular flexibility index (Phi) is 4.06. The van der Waals surface area contributed by atoms with E-state index >= 15 is 0 Å². The van der Waals surface area contributed by atoms with E-state index in [4.69, 9.17) is 0 Å². The number of hydrogen-bond acceptors (Lipinski definition) is 2. The monoisotopic (exact) mass is 354 g/mol. The van der Waals surface area contributed by atoms with Crippen LogP contribution in [0.15, 0.2) is 22.7 Å². The minimum atomic E-state index is -4.65. The number of halogens is 5. The minimum absolute atomic E-state index is 0.104. The maximum Gasteiger partial charge on any atom is 0.404 e. The van der Waals surface area contributed by atoms with E-state index in [1.807, 2.05) is 0 Å². The van der Waals surface area contributed by atoms with Crippen LogP contribution in [-0.4, -0.2) is 25.2 Å². The summed E-state index contributed by atoms with van der Waals surface area (Å²) in [5, 5.41) is 4.77. The summed E-state index contributed by atoms with van der Waals surface area (Å²) in [6.45, 7) is -0.335. The molecule has 0 aliphatic carbocycles. The Bertz CT molecular complexity index is 527. The molecule has 1 aromatic carbocycles. The Morgan fingerprint density at radius 1 is 1.40 bits per heavy atom. The molecule has 0 aromatic heterocycles. The van der Waals surface area contributed by atoms with Gasteiger partial charge in [-0.2, -0.15) is 13.2 Å². The Morgan fingerprint density at radius 3 is 2.60 bits per heavy atom. The van der Waals surface area contributed by atoms with Crippen molar-refractivity contribution < 1.29 is 22.4 Å². The highest BCUT2D eigenvalue weighted by molar-refractivity contribution is 9.10. The van der Waals surface area contributed by atoms with Crippen molar-refractivity contribution in [3.05, 3.63) is 28.5 Å². The lowest BCUT2D eigenvalue weighted by molar-refractivity contribution is -0.213. The van der Waals surface area contributed by atoms with Crippen LogP contribution in [0, 0.1) is 11.2 Å². The summed E-state index contributed by atoms with van der Waals surface area (Å²) in [6, 6.07) is 3.35. The molecule has 0 radical (unpaired) electrons. The fraction of sp³-hybridized carbons (Fsp3) is 0.417. The van der Waals surface area contributed by atoms with Gasteiger partial charge in [0.15, 0.2) is 5.41 Å². The molecule has 1 fully saturated rings. The molecule has 3 nitrogen and oxygen atoms in total. The van der Waals surface area contributed by atoms with E-state index in [1.54, 1.807) is 0 Å². The fourth-order valence-electron chi connectivity index (χ4n) is 2.09. The van der Waals surface area contributed by atoms with Crippen molar-refractivity contribution in [1.82, 2.24) is 5.32 Å². The largest absolute Gasteiger partial charge is 0.404 e. The molecular weight excluding hydrogens is 344 g/mol. The van der Waals surface area contributed by atoms with Gasteiger partial charge in [-0.1, -0.05) is 0 Å². The van der Waals surface area contributed by atoms with Gasteiger partial charge in [-0.15, -0.1) is 0 Å². The quantitative estimate of drug-likeness (QED) is 0.801. The third kappa shape index (κ3) is 2.67. The van der Waals surface area contributed by atoms with E-state index in [2.05, 4.69) is 26.6 Å². The van der Waals surface area contributed by atoms with Gasteiger partial charge in [-0.05, 0) is 47.1 Å². The van der Waals surface area contributed by atoms with E-state index in [-0.39, 0.29) is 23.1 Å². The average molecular weight is 355 g/mol. The molecule has 1 saturated heterocycles. The van der Waals surface area contributed by atoms with Crippen LogP contribution in [-0.2, 0) is 4.79 Å². The highest BCUT2D eigenvalue weighted by Gasteiger charge is 2.61. The highest BCUT2D eigenvalue weighted by atomic mass is 79.9. The van der Waals surface area contributed by atoms with Crippen LogP contribution >= 0.6 is 15.9 Å². The van der Waals surface area contributed by atoms with Crippen LogP contribution in [0.3, 0.4) is 0 Å². The molecule has 0 spiro atoms. The lowest BCUT2D eigenvalue weighted by Crippen LogP contribution is -2.49. The molecule has 2 N–H and O–H groups in total. The number of alkyl halides is 3. The van der Waals surface area contributed by atoms with Gasteiger partial charge in [0.1, 0.15) is 5.82 Å². The van der Waals surface area contributed by atoms with E-state index in [0.717, 1.165) is 12.1 Å². The molecule has 1 unspecified atom stereocenters. The van der Waals surface area contributed by atoms with Crippen molar-refractivity contribution in [2.24, 2.45) is 5.41 Å². The number of benzene rings is 1. The predicted octanol–water partition coefficient (Wildman–Crippen LogP) is 3.07. The number of amides is 1. The first kappa shape index (κ1) is 15.2. The van der Waals surface area contributed by atoms with Gasteiger partial charge >= 0.3 is 6.18 Å². The zero-order valence-corrected chi connectivity index (χ0v) is 11.7. The SMILES string of the molecule is O=C(Nc1ccc(F)cc1Br)C1(C(F)(F)F)CCNC1. The number of anilines is 1. The smallest absolute Gasteiger partial charge is 0.324 e. The zero-order valence-electron chi connectivity index (χ0n) is 10.2. The summed E-state index contributed by atoms with van der Waals surface area (Å²) in [7, 11) is 0. The molecule has 1 heterocycles. The van der Waals surface area contributed by atoms with Crippen molar-refractivity contribution in [2.45, 2.75) is 12.6 Å². The third-order valence-corrected chi connectivity index (χ3v) is 3.97. The second-order valence-electron chi connectivity index (χ2n) is 4.58. The van der Waals surface area contributed by atoms with Crippen molar-refractivity contribution in [2.75, 3.05) is 18.4 Å². The average Bonchev–Trinajstić information content (AvgIpc) is 2.82. The van der Waals surface area contributed by atoms with Crippen molar-refractivity contribution in [3.8, 4) is 0 Å². The van der Waals surface area contributed by atoms with E-state index in [0.29, 0.717) is 0 Å². The summed E-state index contributed by atoms with van der Waals surface area (Å²) in [5.41, 5.74) is -2.34. The lowest BCUT2D eigenvalue weighted by atomic mass is 9.85. The first-order chi connectivity index (χ1) is 9.26. The number of carbonyl (C=O) groups is 1. The van der Waals surface area contributed by atoms with Crippen molar-refractivity contribution in [1.29, 1.82) is 0 Å². The van der Waals surface area contributed by atoms with Gasteiger partial charge in [-0.3, -0.25) is 4.79 Å². The molecule has 2 rings (SSSR count). The molecule has 1 aliphatic heterocycles. The summed E-state index contributed by atoms with van der Waals surface area (Å²) in [6.07, 6.45) is -4.96. The van der Waals surface area contributed by atoms with Crippen LogP contribution in [0.25, 0.3) is 0 Å². The maximum absolute atomic E-state index is 13.2.